The van der Waals surface area contributed by atoms with E-state index in [2.05, 4.69) is 32.9 Å². The molecule has 1 aromatic carbocycles. The second-order valence-corrected chi connectivity index (χ2v) is 5.43. The van der Waals surface area contributed by atoms with E-state index < -0.39 is 10.3 Å². The molecule has 2 nitrogen and oxygen atoms in total. The first kappa shape index (κ1) is 12.0. The fourth-order valence-corrected chi connectivity index (χ4v) is 1.63. The van der Waals surface area contributed by atoms with Crippen molar-refractivity contribution in [1.29, 1.82) is 0 Å². The van der Waals surface area contributed by atoms with Gasteiger partial charge in [-0.1, -0.05) is 45.0 Å². The van der Waals surface area contributed by atoms with Gasteiger partial charge in [0.25, 0.3) is 0 Å². The minimum Gasteiger partial charge on any atom is -0.185 e. The Morgan fingerprint density at radius 2 is 1.67 bits per heavy atom. The number of hydrogen-bond acceptors (Lipinski definition) is 2. The predicted molar refractivity (Wildman–Crippen MR) is 63.8 cm³/mol. The molecule has 0 spiro atoms. The Labute approximate surface area is 92.5 Å². The van der Waals surface area contributed by atoms with Crippen LogP contribution in [0.25, 0.3) is 0 Å². The molecule has 3 heteroatoms. The lowest BCUT2D eigenvalue weighted by molar-refractivity contribution is 0.590. The van der Waals surface area contributed by atoms with E-state index in [1.54, 1.807) is 0 Å². The Kier molecular flexibility index (Phi) is 3.69. The molecule has 1 aromatic rings. The third-order valence-corrected chi connectivity index (χ3v) is 2.71. The van der Waals surface area contributed by atoms with E-state index in [4.69, 9.17) is 0 Å². The van der Waals surface area contributed by atoms with Gasteiger partial charge in [-0.3, -0.25) is 0 Å². The SMILES string of the molecule is CC(C)(C)c1ccc(CC=S(=O)=O)cc1. The highest BCUT2D eigenvalue weighted by Gasteiger charge is 2.12. The Bertz CT molecular complexity index is 439. The molecule has 0 bridgehead atoms. The van der Waals surface area contributed by atoms with Crippen LogP contribution in [-0.4, -0.2) is 13.8 Å². The van der Waals surface area contributed by atoms with Gasteiger partial charge in [-0.25, -0.2) is 0 Å². The van der Waals surface area contributed by atoms with Crippen molar-refractivity contribution < 1.29 is 8.42 Å². The van der Waals surface area contributed by atoms with Crippen molar-refractivity contribution in [3.63, 3.8) is 0 Å². The molecule has 1 rings (SSSR count). The van der Waals surface area contributed by atoms with Crippen LogP contribution in [0.2, 0.25) is 0 Å². The van der Waals surface area contributed by atoms with Crippen molar-refractivity contribution in [2.45, 2.75) is 32.6 Å². The molecule has 0 amide bonds. The molecule has 82 valence electrons. The monoisotopic (exact) mass is 224 g/mol. The van der Waals surface area contributed by atoms with Crippen molar-refractivity contribution >= 4 is 15.7 Å². The molecule has 0 heterocycles. The fourth-order valence-electron chi connectivity index (χ4n) is 1.31. The van der Waals surface area contributed by atoms with Crippen LogP contribution in [0.1, 0.15) is 31.9 Å². The molecule has 15 heavy (non-hydrogen) atoms. The van der Waals surface area contributed by atoms with Crippen LogP contribution < -0.4 is 0 Å². The maximum absolute atomic E-state index is 10.3. The minimum atomic E-state index is -2.06. The van der Waals surface area contributed by atoms with Gasteiger partial charge in [0.1, 0.15) is 0 Å². The highest BCUT2D eigenvalue weighted by Crippen LogP contribution is 2.22. The summed E-state index contributed by atoms with van der Waals surface area (Å²) in [7, 11) is -2.06. The van der Waals surface area contributed by atoms with Crippen molar-refractivity contribution in [2.24, 2.45) is 0 Å². The third kappa shape index (κ3) is 3.88. The summed E-state index contributed by atoms with van der Waals surface area (Å²) in [5.41, 5.74) is 2.42. The van der Waals surface area contributed by atoms with E-state index in [9.17, 15) is 8.42 Å². The standard InChI is InChI=1S/C12H16O2S/c1-12(2,3)11-6-4-10(5-7-11)8-9-15(13)14/h4-7,9H,8H2,1-3H3. The minimum absolute atomic E-state index is 0.142. The largest absolute Gasteiger partial charge is 0.210 e. The van der Waals surface area contributed by atoms with Crippen LogP contribution in [0.3, 0.4) is 0 Å². The van der Waals surface area contributed by atoms with Gasteiger partial charge < -0.3 is 0 Å². The Morgan fingerprint density at radius 3 is 2.07 bits per heavy atom. The molecule has 0 aromatic heterocycles. The Morgan fingerprint density at radius 1 is 1.13 bits per heavy atom. The van der Waals surface area contributed by atoms with Crippen molar-refractivity contribution in [3.05, 3.63) is 35.4 Å². The first-order valence-corrected chi connectivity index (χ1v) is 6.04. The van der Waals surface area contributed by atoms with Crippen LogP contribution in [0.5, 0.6) is 0 Å². The van der Waals surface area contributed by atoms with Crippen molar-refractivity contribution in [3.8, 4) is 0 Å². The van der Waals surface area contributed by atoms with Gasteiger partial charge in [0.2, 0.25) is 10.3 Å². The van der Waals surface area contributed by atoms with Crippen molar-refractivity contribution in [2.75, 3.05) is 0 Å². The normalized spacial score (nSPS) is 11.1. The fraction of sp³-hybridized carbons (Fsp3) is 0.417. The van der Waals surface area contributed by atoms with E-state index in [1.165, 1.54) is 10.9 Å². The molecule has 0 fully saturated rings. The van der Waals surface area contributed by atoms with Crippen LogP contribution in [0, 0.1) is 0 Å². The average Bonchev–Trinajstić information content (AvgIpc) is 2.14. The van der Waals surface area contributed by atoms with Gasteiger partial charge in [0.05, 0.1) is 0 Å². The van der Waals surface area contributed by atoms with Crippen LogP contribution in [-0.2, 0) is 22.1 Å². The number of benzene rings is 1. The van der Waals surface area contributed by atoms with E-state index in [0.29, 0.717) is 6.42 Å². The maximum atomic E-state index is 10.3. The van der Waals surface area contributed by atoms with Crippen LogP contribution in [0.15, 0.2) is 24.3 Å². The summed E-state index contributed by atoms with van der Waals surface area (Å²) in [5, 5.41) is 1.27. The second-order valence-electron chi connectivity index (χ2n) is 4.58. The maximum Gasteiger partial charge on any atom is 0.210 e. The predicted octanol–water partition coefficient (Wildman–Crippen LogP) is 2.21. The first-order valence-electron chi connectivity index (χ1n) is 4.90. The van der Waals surface area contributed by atoms with E-state index in [1.807, 2.05) is 12.1 Å². The highest BCUT2D eigenvalue weighted by atomic mass is 32.2. The molecule has 0 aliphatic heterocycles. The summed E-state index contributed by atoms with van der Waals surface area (Å²) in [4.78, 5) is 0. The summed E-state index contributed by atoms with van der Waals surface area (Å²) in [5.74, 6) is 0. The molecule has 0 radical (unpaired) electrons. The van der Waals surface area contributed by atoms with E-state index in [-0.39, 0.29) is 5.41 Å². The number of rotatable bonds is 2. The molecule has 0 saturated heterocycles. The highest BCUT2D eigenvalue weighted by molar-refractivity contribution is 7.71. The molecule has 0 saturated carbocycles. The van der Waals surface area contributed by atoms with Crippen LogP contribution >= 0.6 is 0 Å². The van der Waals surface area contributed by atoms with Crippen LogP contribution in [0.4, 0.5) is 0 Å². The third-order valence-electron chi connectivity index (χ3n) is 2.28. The van der Waals surface area contributed by atoms with Gasteiger partial charge >= 0.3 is 0 Å². The molecular weight excluding hydrogens is 208 g/mol. The summed E-state index contributed by atoms with van der Waals surface area (Å²) in [6.07, 6.45) is 0.473. The summed E-state index contributed by atoms with van der Waals surface area (Å²) in [6, 6.07) is 8.06. The van der Waals surface area contributed by atoms with E-state index in [0.717, 1.165) is 5.56 Å². The topological polar surface area (TPSA) is 34.1 Å². The first-order chi connectivity index (χ1) is 6.89. The van der Waals surface area contributed by atoms with Crippen molar-refractivity contribution in [1.82, 2.24) is 0 Å². The summed E-state index contributed by atoms with van der Waals surface area (Å²) >= 11 is 0. The average molecular weight is 224 g/mol. The summed E-state index contributed by atoms with van der Waals surface area (Å²) in [6.45, 7) is 6.46. The summed E-state index contributed by atoms with van der Waals surface area (Å²) < 4.78 is 20.7. The molecule has 0 N–H and O–H groups in total. The zero-order chi connectivity index (χ0) is 11.5. The lowest BCUT2D eigenvalue weighted by Crippen LogP contribution is -2.10. The van der Waals surface area contributed by atoms with Gasteiger partial charge in [0, 0.05) is 11.8 Å². The Hall–Kier alpha value is -1.09. The van der Waals surface area contributed by atoms with Gasteiger partial charge in [-0.15, -0.1) is 0 Å². The molecule has 0 aliphatic rings. The van der Waals surface area contributed by atoms with Gasteiger partial charge in [0.15, 0.2) is 0 Å². The second kappa shape index (κ2) is 4.62. The molecule has 0 atom stereocenters. The zero-order valence-corrected chi connectivity index (χ0v) is 10.1. The van der Waals surface area contributed by atoms with E-state index >= 15 is 0 Å². The van der Waals surface area contributed by atoms with Gasteiger partial charge in [-0.05, 0) is 16.5 Å². The lowest BCUT2D eigenvalue weighted by atomic mass is 9.86. The quantitative estimate of drug-likeness (QED) is 0.722. The number of hydrogen-bond donors (Lipinski definition) is 0. The zero-order valence-electron chi connectivity index (χ0n) is 9.32. The van der Waals surface area contributed by atoms with Gasteiger partial charge in [-0.2, -0.15) is 8.42 Å². The Balaban J connectivity index is 2.86. The lowest BCUT2D eigenvalue weighted by Gasteiger charge is -2.18. The molecular formula is C12H16O2S. The molecule has 0 aliphatic carbocycles. The smallest absolute Gasteiger partial charge is 0.185 e. The molecule has 0 unspecified atom stereocenters.